The Balaban J connectivity index is 2.04. The van der Waals surface area contributed by atoms with Crippen molar-refractivity contribution < 1.29 is 4.79 Å². The number of hydrogen-bond donors (Lipinski definition) is 2. The maximum absolute atomic E-state index is 12.9. The van der Waals surface area contributed by atoms with Crippen molar-refractivity contribution in [3.05, 3.63) is 74.1 Å². The van der Waals surface area contributed by atoms with E-state index in [1.54, 1.807) is 30.8 Å². The number of rotatable bonds is 3. The number of halogens is 2. The van der Waals surface area contributed by atoms with Crippen LogP contribution in [0.5, 0.6) is 0 Å². The minimum absolute atomic E-state index is 0.0295. The third-order valence-corrected chi connectivity index (χ3v) is 4.84. The van der Waals surface area contributed by atoms with Crippen LogP contribution in [0.3, 0.4) is 0 Å². The van der Waals surface area contributed by atoms with Gasteiger partial charge in [-0.15, -0.1) is 0 Å². The highest BCUT2D eigenvalue weighted by Crippen LogP contribution is 2.31. The molecule has 2 aromatic carbocycles. The third kappa shape index (κ3) is 3.09. The molecule has 26 heavy (non-hydrogen) atoms. The van der Waals surface area contributed by atoms with Gasteiger partial charge in [0.2, 0.25) is 0 Å². The lowest BCUT2D eigenvalue weighted by atomic mass is 10.2. The van der Waals surface area contributed by atoms with Crippen LogP contribution >= 0.6 is 23.2 Å². The minimum atomic E-state index is -0.567. The molecule has 1 amide bonds. The van der Waals surface area contributed by atoms with Gasteiger partial charge in [0.15, 0.2) is 0 Å². The van der Waals surface area contributed by atoms with E-state index in [2.05, 4.69) is 5.32 Å². The van der Waals surface area contributed by atoms with E-state index in [9.17, 15) is 9.59 Å². The van der Waals surface area contributed by atoms with Gasteiger partial charge in [0.25, 0.3) is 11.5 Å². The molecule has 0 aliphatic carbocycles. The Labute approximate surface area is 159 Å². The maximum atomic E-state index is 12.9. The topological polar surface area (TPSA) is 82.1 Å². The van der Waals surface area contributed by atoms with E-state index < -0.39 is 11.5 Å². The van der Waals surface area contributed by atoms with E-state index in [1.807, 2.05) is 18.2 Å². The lowest BCUT2D eigenvalue weighted by molar-refractivity contribution is 0.102. The summed E-state index contributed by atoms with van der Waals surface area (Å²) in [5, 5.41) is 3.17. The van der Waals surface area contributed by atoms with Gasteiger partial charge >= 0.3 is 0 Å². The Morgan fingerprint density at radius 3 is 2.38 bits per heavy atom. The van der Waals surface area contributed by atoms with E-state index >= 15 is 0 Å². The summed E-state index contributed by atoms with van der Waals surface area (Å²) in [4.78, 5) is 25.6. The highest BCUT2D eigenvalue weighted by molar-refractivity contribution is 6.42. The first-order valence-electron chi connectivity index (χ1n) is 7.71. The predicted molar refractivity (Wildman–Crippen MR) is 105 cm³/mol. The normalized spacial score (nSPS) is 10.8. The molecular weight excluding hydrogens is 375 g/mol. The Hall–Kier alpha value is -2.70. The predicted octanol–water partition coefficient (Wildman–Crippen LogP) is 3.63. The molecule has 0 atom stereocenters. The summed E-state index contributed by atoms with van der Waals surface area (Å²) in [5.74, 6) is -0.567. The van der Waals surface area contributed by atoms with Gasteiger partial charge in [0.05, 0.1) is 32.8 Å². The number of nitrogens with one attached hydrogen (secondary N) is 1. The van der Waals surface area contributed by atoms with Crippen LogP contribution in [0.1, 0.15) is 16.1 Å². The molecule has 0 bridgehead atoms. The van der Waals surface area contributed by atoms with E-state index in [0.29, 0.717) is 17.1 Å². The van der Waals surface area contributed by atoms with Crippen molar-refractivity contribution in [1.82, 2.24) is 9.36 Å². The van der Waals surface area contributed by atoms with Crippen LogP contribution in [0.2, 0.25) is 10.0 Å². The van der Waals surface area contributed by atoms with Crippen LogP contribution in [-0.2, 0) is 7.05 Å². The number of nitrogen functional groups attached to an aromatic ring is 1. The van der Waals surface area contributed by atoms with E-state index in [0.717, 1.165) is 0 Å². The number of carbonyl (C=O) groups excluding carboxylic acids is 1. The summed E-state index contributed by atoms with van der Waals surface area (Å²) in [6.07, 6.45) is 0. The van der Waals surface area contributed by atoms with Gasteiger partial charge in [-0.2, -0.15) is 0 Å². The molecule has 3 rings (SSSR count). The summed E-state index contributed by atoms with van der Waals surface area (Å²) in [7, 11) is 1.72. The number of carbonyl (C=O) groups is 1. The van der Waals surface area contributed by atoms with E-state index in [4.69, 9.17) is 28.9 Å². The Morgan fingerprint density at radius 1 is 1.12 bits per heavy atom. The van der Waals surface area contributed by atoms with Crippen LogP contribution in [0, 0.1) is 6.92 Å². The fourth-order valence-electron chi connectivity index (χ4n) is 2.69. The molecule has 6 nitrogen and oxygen atoms in total. The second kappa shape index (κ2) is 6.90. The van der Waals surface area contributed by atoms with E-state index in [-0.39, 0.29) is 21.3 Å². The lowest BCUT2D eigenvalue weighted by Crippen LogP contribution is -2.25. The standard InChI is InChI=1S/C18H16Cl2N4O2/c1-10-16(17(25)22-15-9-13(20)12(19)8-14(15)21)18(26)24(23(10)2)11-6-4-3-5-7-11/h3-9H,21H2,1-2H3,(H,22,25). The first-order chi connectivity index (χ1) is 12.3. The van der Waals surface area contributed by atoms with Gasteiger partial charge < -0.3 is 11.1 Å². The molecule has 0 aliphatic heterocycles. The number of nitrogens with two attached hydrogens (primary N) is 1. The molecule has 1 heterocycles. The lowest BCUT2D eigenvalue weighted by Gasteiger charge is -2.09. The van der Waals surface area contributed by atoms with Crippen molar-refractivity contribution in [2.24, 2.45) is 7.05 Å². The largest absolute Gasteiger partial charge is 0.397 e. The molecular formula is C18H16Cl2N4O2. The molecule has 0 aliphatic rings. The highest BCUT2D eigenvalue weighted by Gasteiger charge is 2.23. The molecule has 3 N–H and O–H groups in total. The zero-order chi connectivity index (χ0) is 19.0. The van der Waals surface area contributed by atoms with Gasteiger partial charge in [-0.1, -0.05) is 41.4 Å². The molecule has 0 radical (unpaired) electrons. The van der Waals surface area contributed by atoms with Crippen LogP contribution in [0.4, 0.5) is 11.4 Å². The third-order valence-electron chi connectivity index (χ3n) is 4.12. The quantitative estimate of drug-likeness (QED) is 0.669. The summed E-state index contributed by atoms with van der Waals surface area (Å²) in [6, 6.07) is 12.0. The fraction of sp³-hybridized carbons (Fsp3) is 0.111. The SMILES string of the molecule is Cc1c(C(=O)Nc2cc(Cl)c(Cl)cc2N)c(=O)n(-c2ccccc2)n1C. The van der Waals surface area contributed by atoms with Crippen LogP contribution < -0.4 is 16.6 Å². The van der Waals surface area contributed by atoms with Gasteiger partial charge in [-0.3, -0.25) is 14.3 Å². The molecule has 0 fully saturated rings. The van der Waals surface area contributed by atoms with Gasteiger partial charge in [0, 0.05) is 7.05 Å². The zero-order valence-corrected chi connectivity index (χ0v) is 15.6. The van der Waals surface area contributed by atoms with Crippen LogP contribution in [0.15, 0.2) is 47.3 Å². The number of nitrogens with zero attached hydrogens (tertiary/aromatic N) is 2. The molecule has 134 valence electrons. The van der Waals surface area contributed by atoms with Crippen molar-refractivity contribution >= 4 is 40.5 Å². The first kappa shape index (κ1) is 18.1. The van der Waals surface area contributed by atoms with Crippen molar-refractivity contribution in [1.29, 1.82) is 0 Å². The summed E-state index contributed by atoms with van der Waals surface area (Å²) in [5.41, 5.74) is 7.21. The van der Waals surface area contributed by atoms with E-state index in [1.165, 1.54) is 16.8 Å². The van der Waals surface area contributed by atoms with Crippen molar-refractivity contribution in [2.45, 2.75) is 6.92 Å². The second-order valence-corrected chi connectivity index (χ2v) is 6.56. The Bertz CT molecular complexity index is 1060. The van der Waals surface area contributed by atoms with Gasteiger partial charge in [-0.25, -0.2) is 4.68 Å². The van der Waals surface area contributed by atoms with Gasteiger partial charge in [0.1, 0.15) is 5.56 Å². The number of amides is 1. The maximum Gasteiger partial charge on any atom is 0.284 e. The Kier molecular flexibility index (Phi) is 4.80. The smallest absolute Gasteiger partial charge is 0.284 e. The van der Waals surface area contributed by atoms with Crippen LogP contribution in [-0.4, -0.2) is 15.3 Å². The Morgan fingerprint density at radius 2 is 1.73 bits per heavy atom. The number of hydrogen-bond acceptors (Lipinski definition) is 3. The van der Waals surface area contributed by atoms with Crippen molar-refractivity contribution in [3.63, 3.8) is 0 Å². The highest BCUT2D eigenvalue weighted by atomic mass is 35.5. The average Bonchev–Trinajstić information content (AvgIpc) is 2.82. The summed E-state index contributed by atoms with van der Waals surface area (Å²) >= 11 is 11.9. The molecule has 0 unspecified atom stereocenters. The number of benzene rings is 2. The number of aromatic nitrogens is 2. The molecule has 0 spiro atoms. The molecule has 8 heteroatoms. The number of para-hydroxylation sites is 1. The molecule has 1 aromatic heterocycles. The second-order valence-electron chi connectivity index (χ2n) is 5.74. The molecule has 0 saturated carbocycles. The first-order valence-corrected chi connectivity index (χ1v) is 8.46. The fourth-order valence-corrected chi connectivity index (χ4v) is 3.02. The zero-order valence-electron chi connectivity index (χ0n) is 14.1. The monoisotopic (exact) mass is 390 g/mol. The van der Waals surface area contributed by atoms with Crippen LogP contribution in [0.25, 0.3) is 5.69 Å². The van der Waals surface area contributed by atoms with Gasteiger partial charge in [-0.05, 0) is 31.2 Å². The average molecular weight is 391 g/mol. The molecule has 0 saturated heterocycles. The number of anilines is 2. The molecule has 3 aromatic rings. The minimum Gasteiger partial charge on any atom is -0.397 e. The summed E-state index contributed by atoms with van der Waals surface area (Å²) < 4.78 is 3.06. The van der Waals surface area contributed by atoms with Crippen molar-refractivity contribution in [3.8, 4) is 5.69 Å². The summed E-state index contributed by atoms with van der Waals surface area (Å²) in [6.45, 7) is 1.70. The van der Waals surface area contributed by atoms with Crippen molar-refractivity contribution in [2.75, 3.05) is 11.1 Å².